The number of carbonyl (C=O) groups excluding carboxylic acids is 1. The van der Waals surface area contributed by atoms with Crippen LogP contribution in [0.15, 0.2) is 54.9 Å². The maximum Gasteiger partial charge on any atom is 0.246 e. The van der Waals surface area contributed by atoms with Gasteiger partial charge >= 0.3 is 0 Å². The summed E-state index contributed by atoms with van der Waals surface area (Å²) in [6, 6.07) is 15.3. The van der Waals surface area contributed by atoms with Crippen LogP contribution in [0.1, 0.15) is 0 Å². The Labute approximate surface area is 136 Å². The van der Waals surface area contributed by atoms with Crippen molar-refractivity contribution >= 4 is 22.6 Å². The van der Waals surface area contributed by atoms with Crippen LogP contribution in [0.25, 0.3) is 22.4 Å². The van der Waals surface area contributed by atoms with Gasteiger partial charge in [-0.3, -0.25) is 4.79 Å². The lowest BCUT2D eigenvalue weighted by Crippen LogP contribution is -2.19. The lowest BCUT2D eigenvalue weighted by Gasteiger charge is -2.06. The molecule has 2 aromatic heterocycles. The summed E-state index contributed by atoms with van der Waals surface area (Å²) in [5, 5.41) is 13.5. The smallest absolute Gasteiger partial charge is 0.246 e. The molecule has 0 spiro atoms. The number of imidazole rings is 1. The third-order valence-electron chi connectivity index (χ3n) is 3.51. The fourth-order valence-electron chi connectivity index (χ4n) is 2.43. The zero-order valence-corrected chi connectivity index (χ0v) is 12.5. The van der Waals surface area contributed by atoms with E-state index < -0.39 is 0 Å². The van der Waals surface area contributed by atoms with Gasteiger partial charge in [-0.1, -0.05) is 24.3 Å². The van der Waals surface area contributed by atoms with E-state index in [2.05, 4.69) is 30.8 Å². The molecule has 0 saturated carbocycles. The molecule has 4 aromatic rings. The molecule has 0 unspecified atom stereocenters. The van der Waals surface area contributed by atoms with Crippen LogP contribution >= 0.6 is 0 Å². The average Bonchev–Trinajstić information content (AvgIpc) is 3.24. The van der Waals surface area contributed by atoms with Gasteiger partial charge in [0.2, 0.25) is 5.91 Å². The number of fused-ring (bicyclic) bond motifs is 1. The first-order valence-corrected chi connectivity index (χ1v) is 7.34. The summed E-state index contributed by atoms with van der Waals surface area (Å²) in [6.45, 7) is 0.0574. The first-order valence-electron chi connectivity index (χ1n) is 7.34. The first-order chi connectivity index (χ1) is 11.8. The van der Waals surface area contributed by atoms with Gasteiger partial charge in [-0.15, -0.1) is 5.10 Å². The Morgan fingerprint density at radius 2 is 2.08 bits per heavy atom. The number of H-pyrrole nitrogens is 1. The topological polar surface area (TPSA) is 101 Å². The summed E-state index contributed by atoms with van der Waals surface area (Å²) in [5.74, 6) is 0.553. The van der Waals surface area contributed by atoms with Crippen LogP contribution in [0.4, 0.5) is 5.69 Å². The van der Waals surface area contributed by atoms with E-state index in [-0.39, 0.29) is 12.5 Å². The SMILES string of the molecule is O=C(Cn1cnnn1)Nc1cccc(-c2nc3ccccc3[nH]2)c1. The van der Waals surface area contributed by atoms with Gasteiger partial charge in [-0.05, 0) is 34.7 Å². The molecule has 2 heterocycles. The van der Waals surface area contributed by atoms with Crippen LogP contribution in [0.2, 0.25) is 0 Å². The molecule has 0 aliphatic rings. The van der Waals surface area contributed by atoms with Crippen LogP contribution in [-0.4, -0.2) is 36.1 Å². The van der Waals surface area contributed by atoms with Crippen molar-refractivity contribution in [2.75, 3.05) is 5.32 Å². The number of aromatic nitrogens is 6. The van der Waals surface area contributed by atoms with Crippen molar-refractivity contribution in [3.05, 3.63) is 54.9 Å². The molecule has 0 saturated heterocycles. The highest BCUT2D eigenvalue weighted by molar-refractivity contribution is 5.91. The molecule has 1 amide bonds. The number of aromatic amines is 1. The van der Waals surface area contributed by atoms with Gasteiger partial charge in [-0.25, -0.2) is 9.67 Å². The van der Waals surface area contributed by atoms with E-state index in [1.807, 2.05) is 48.5 Å². The third kappa shape index (κ3) is 2.84. The minimum absolute atomic E-state index is 0.0574. The molecule has 4 rings (SSSR count). The largest absolute Gasteiger partial charge is 0.338 e. The van der Waals surface area contributed by atoms with E-state index in [1.165, 1.54) is 11.0 Å². The predicted molar refractivity (Wildman–Crippen MR) is 88.0 cm³/mol. The molecular formula is C16H13N7O. The predicted octanol–water partition coefficient (Wildman–Crippen LogP) is 1.86. The summed E-state index contributed by atoms with van der Waals surface area (Å²) in [6.07, 6.45) is 1.39. The number of benzene rings is 2. The van der Waals surface area contributed by atoms with Gasteiger partial charge in [0.1, 0.15) is 18.7 Å². The maximum atomic E-state index is 12.0. The zero-order valence-electron chi connectivity index (χ0n) is 12.5. The second-order valence-corrected chi connectivity index (χ2v) is 5.24. The Morgan fingerprint density at radius 1 is 1.17 bits per heavy atom. The molecule has 0 bridgehead atoms. The molecule has 0 aliphatic heterocycles. The number of amides is 1. The molecule has 24 heavy (non-hydrogen) atoms. The quantitative estimate of drug-likeness (QED) is 0.598. The van der Waals surface area contributed by atoms with Crippen LogP contribution in [-0.2, 0) is 11.3 Å². The van der Waals surface area contributed by atoms with Crippen molar-refractivity contribution in [3.63, 3.8) is 0 Å². The number of nitrogens with zero attached hydrogens (tertiary/aromatic N) is 5. The molecule has 2 N–H and O–H groups in total. The van der Waals surface area contributed by atoms with E-state index in [0.717, 1.165) is 22.4 Å². The van der Waals surface area contributed by atoms with E-state index in [0.29, 0.717) is 5.69 Å². The third-order valence-corrected chi connectivity index (χ3v) is 3.51. The number of hydrogen-bond donors (Lipinski definition) is 2. The van der Waals surface area contributed by atoms with E-state index >= 15 is 0 Å². The zero-order chi connectivity index (χ0) is 16.4. The molecular weight excluding hydrogens is 306 g/mol. The molecule has 8 heteroatoms. The second-order valence-electron chi connectivity index (χ2n) is 5.24. The van der Waals surface area contributed by atoms with Gasteiger partial charge in [0.15, 0.2) is 0 Å². The van der Waals surface area contributed by atoms with Crippen LogP contribution < -0.4 is 5.32 Å². The fourth-order valence-corrected chi connectivity index (χ4v) is 2.43. The van der Waals surface area contributed by atoms with Gasteiger partial charge in [0, 0.05) is 11.3 Å². The van der Waals surface area contributed by atoms with Crippen molar-refractivity contribution in [1.29, 1.82) is 0 Å². The molecule has 0 radical (unpaired) electrons. The molecule has 0 aliphatic carbocycles. The number of anilines is 1. The molecule has 2 aromatic carbocycles. The number of carbonyl (C=O) groups is 1. The first kappa shape index (κ1) is 14.1. The van der Waals surface area contributed by atoms with Gasteiger partial charge in [-0.2, -0.15) is 0 Å². The summed E-state index contributed by atoms with van der Waals surface area (Å²) >= 11 is 0. The number of hydrogen-bond acceptors (Lipinski definition) is 5. The monoisotopic (exact) mass is 319 g/mol. The maximum absolute atomic E-state index is 12.0. The van der Waals surface area contributed by atoms with E-state index in [4.69, 9.17) is 0 Å². The standard InChI is InChI=1S/C16H13N7O/c24-15(9-23-10-17-21-22-23)18-12-5-3-4-11(8-12)16-19-13-6-1-2-7-14(13)20-16/h1-8,10H,9H2,(H,18,24)(H,19,20). The summed E-state index contributed by atoms with van der Waals surface area (Å²) < 4.78 is 1.36. The average molecular weight is 319 g/mol. The summed E-state index contributed by atoms with van der Waals surface area (Å²) in [7, 11) is 0. The Bertz CT molecular complexity index is 958. The lowest BCUT2D eigenvalue weighted by molar-refractivity contribution is -0.116. The number of rotatable bonds is 4. The number of para-hydroxylation sites is 2. The van der Waals surface area contributed by atoms with Gasteiger partial charge in [0.25, 0.3) is 0 Å². The highest BCUT2D eigenvalue weighted by atomic mass is 16.2. The van der Waals surface area contributed by atoms with Crippen molar-refractivity contribution in [2.45, 2.75) is 6.54 Å². The van der Waals surface area contributed by atoms with E-state index in [1.54, 1.807) is 0 Å². The summed E-state index contributed by atoms with van der Waals surface area (Å²) in [4.78, 5) is 19.9. The fraction of sp³-hybridized carbons (Fsp3) is 0.0625. The van der Waals surface area contributed by atoms with Crippen LogP contribution in [0.3, 0.4) is 0 Å². The highest BCUT2D eigenvalue weighted by Gasteiger charge is 2.08. The minimum atomic E-state index is -0.205. The number of tetrazole rings is 1. The van der Waals surface area contributed by atoms with Crippen LogP contribution in [0, 0.1) is 0 Å². The second kappa shape index (κ2) is 5.92. The normalized spacial score (nSPS) is 10.8. The Morgan fingerprint density at radius 3 is 2.92 bits per heavy atom. The van der Waals surface area contributed by atoms with Crippen molar-refractivity contribution < 1.29 is 4.79 Å². The Balaban J connectivity index is 1.55. The molecule has 8 nitrogen and oxygen atoms in total. The molecule has 118 valence electrons. The van der Waals surface area contributed by atoms with E-state index in [9.17, 15) is 4.79 Å². The van der Waals surface area contributed by atoms with Crippen LogP contribution in [0.5, 0.6) is 0 Å². The Hall–Kier alpha value is -3.55. The Kier molecular flexibility index (Phi) is 3.47. The minimum Gasteiger partial charge on any atom is -0.338 e. The number of nitrogens with one attached hydrogen (secondary N) is 2. The van der Waals surface area contributed by atoms with Crippen molar-refractivity contribution in [3.8, 4) is 11.4 Å². The van der Waals surface area contributed by atoms with Gasteiger partial charge < -0.3 is 10.3 Å². The van der Waals surface area contributed by atoms with Gasteiger partial charge in [0.05, 0.1) is 11.0 Å². The van der Waals surface area contributed by atoms with Crippen molar-refractivity contribution in [1.82, 2.24) is 30.2 Å². The lowest BCUT2D eigenvalue weighted by atomic mass is 10.2. The van der Waals surface area contributed by atoms with Crippen molar-refractivity contribution in [2.24, 2.45) is 0 Å². The molecule has 0 atom stereocenters. The molecule has 0 fully saturated rings. The highest BCUT2D eigenvalue weighted by Crippen LogP contribution is 2.23. The summed E-state index contributed by atoms with van der Waals surface area (Å²) in [5.41, 5.74) is 3.46.